The molecule has 0 saturated carbocycles. The van der Waals surface area contributed by atoms with E-state index in [1.165, 1.54) is 0 Å². The van der Waals surface area contributed by atoms with Crippen LogP contribution in [0.15, 0.2) is 12.4 Å². The molecule has 16 heavy (non-hydrogen) atoms. The van der Waals surface area contributed by atoms with Crippen LogP contribution in [0.25, 0.3) is 0 Å². The molecule has 0 aliphatic carbocycles. The molecule has 0 aliphatic heterocycles. The van der Waals surface area contributed by atoms with Gasteiger partial charge in [0.25, 0.3) is 0 Å². The molecular weight excluding hydrogens is 204 g/mol. The molecule has 0 aliphatic rings. The van der Waals surface area contributed by atoms with Crippen molar-refractivity contribution in [1.82, 2.24) is 9.55 Å². The zero-order chi connectivity index (χ0) is 12.0. The van der Waals surface area contributed by atoms with E-state index in [9.17, 15) is 4.79 Å². The van der Waals surface area contributed by atoms with Gasteiger partial charge >= 0.3 is 0 Å². The Hall–Kier alpha value is -1.16. The highest BCUT2D eigenvalue weighted by atomic mass is 16.5. The van der Waals surface area contributed by atoms with Gasteiger partial charge in [-0.3, -0.25) is 4.79 Å². The van der Waals surface area contributed by atoms with Gasteiger partial charge in [0, 0.05) is 25.5 Å². The number of hydrogen-bond donors (Lipinski definition) is 0. The van der Waals surface area contributed by atoms with Crippen molar-refractivity contribution in [3.8, 4) is 0 Å². The summed E-state index contributed by atoms with van der Waals surface area (Å²) < 4.78 is 7.30. The second kappa shape index (κ2) is 6.43. The standard InChI is InChI=1S/C12H20N2O2/c1-4-8-14-9-7-13-12(14)11(15)10(5-2)16-6-3/h7,9-10H,4-6,8H2,1-3H3. The molecule has 0 amide bonds. The number of aromatic nitrogens is 2. The van der Waals surface area contributed by atoms with Crippen molar-refractivity contribution in [3.05, 3.63) is 18.2 Å². The van der Waals surface area contributed by atoms with Gasteiger partial charge in [0.15, 0.2) is 5.82 Å². The summed E-state index contributed by atoms with van der Waals surface area (Å²) in [6.45, 7) is 7.30. The van der Waals surface area contributed by atoms with Crippen LogP contribution in [0.4, 0.5) is 0 Å². The van der Waals surface area contributed by atoms with Gasteiger partial charge in [-0.2, -0.15) is 0 Å². The third kappa shape index (κ3) is 2.92. The van der Waals surface area contributed by atoms with Crippen LogP contribution in [0.3, 0.4) is 0 Å². The number of aryl methyl sites for hydroxylation is 1. The zero-order valence-electron chi connectivity index (χ0n) is 10.3. The van der Waals surface area contributed by atoms with Gasteiger partial charge in [0.2, 0.25) is 5.78 Å². The molecule has 1 aromatic heterocycles. The average Bonchev–Trinajstić information content (AvgIpc) is 2.73. The van der Waals surface area contributed by atoms with Crippen LogP contribution in [-0.4, -0.2) is 28.0 Å². The topological polar surface area (TPSA) is 44.1 Å². The Morgan fingerprint density at radius 2 is 2.25 bits per heavy atom. The number of ether oxygens (including phenoxy) is 1. The summed E-state index contributed by atoms with van der Waals surface area (Å²) >= 11 is 0. The largest absolute Gasteiger partial charge is 0.370 e. The summed E-state index contributed by atoms with van der Waals surface area (Å²) in [5.74, 6) is 0.505. The first-order valence-electron chi connectivity index (χ1n) is 5.91. The number of hydrogen-bond acceptors (Lipinski definition) is 3. The second-order valence-electron chi connectivity index (χ2n) is 3.66. The third-order valence-corrected chi connectivity index (χ3v) is 2.43. The fourth-order valence-electron chi connectivity index (χ4n) is 1.68. The van der Waals surface area contributed by atoms with Gasteiger partial charge in [0.05, 0.1) is 0 Å². The molecule has 0 N–H and O–H groups in total. The van der Waals surface area contributed by atoms with Gasteiger partial charge in [0.1, 0.15) is 6.10 Å². The van der Waals surface area contributed by atoms with Crippen LogP contribution in [0, 0.1) is 0 Å². The summed E-state index contributed by atoms with van der Waals surface area (Å²) in [6, 6.07) is 0. The van der Waals surface area contributed by atoms with Crippen LogP contribution in [0.1, 0.15) is 44.2 Å². The fourth-order valence-corrected chi connectivity index (χ4v) is 1.68. The maximum absolute atomic E-state index is 12.1. The molecule has 1 unspecified atom stereocenters. The Kier molecular flexibility index (Phi) is 5.19. The van der Waals surface area contributed by atoms with Crippen molar-refractivity contribution in [2.24, 2.45) is 0 Å². The molecule has 0 saturated heterocycles. The lowest BCUT2D eigenvalue weighted by Gasteiger charge is -2.14. The summed E-state index contributed by atoms with van der Waals surface area (Å²) in [6.07, 6.45) is 4.83. The fraction of sp³-hybridized carbons (Fsp3) is 0.667. The molecule has 1 rings (SSSR count). The van der Waals surface area contributed by atoms with Crippen molar-refractivity contribution in [3.63, 3.8) is 0 Å². The van der Waals surface area contributed by atoms with Gasteiger partial charge in [-0.05, 0) is 19.8 Å². The lowest BCUT2D eigenvalue weighted by Crippen LogP contribution is -2.26. The Bertz CT molecular complexity index is 334. The first-order valence-corrected chi connectivity index (χ1v) is 5.91. The van der Waals surface area contributed by atoms with Gasteiger partial charge < -0.3 is 9.30 Å². The number of carbonyl (C=O) groups excluding carboxylic acids is 1. The molecule has 0 spiro atoms. The van der Waals surface area contributed by atoms with Gasteiger partial charge in [-0.1, -0.05) is 13.8 Å². The minimum atomic E-state index is -0.358. The highest BCUT2D eigenvalue weighted by molar-refractivity contribution is 5.96. The second-order valence-corrected chi connectivity index (χ2v) is 3.66. The minimum Gasteiger partial charge on any atom is -0.370 e. The summed E-state index contributed by atoms with van der Waals surface area (Å²) in [4.78, 5) is 16.2. The summed E-state index contributed by atoms with van der Waals surface area (Å²) in [5.41, 5.74) is 0. The SMILES string of the molecule is CCCn1ccnc1C(=O)C(CC)OCC. The molecular formula is C12H20N2O2. The van der Waals surface area contributed by atoms with Crippen LogP contribution in [-0.2, 0) is 11.3 Å². The number of imidazole rings is 1. The van der Waals surface area contributed by atoms with E-state index in [1.807, 2.05) is 24.6 Å². The summed E-state index contributed by atoms with van der Waals surface area (Å²) in [7, 11) is 0. The normalized spacial score (nSPS) is 12.7. The molecule has 1 heterocycles. The number of Topliss-reactive ketones (excluding diaryl/α,β-unsaturated/α-hetero) is 1. The highest BCUT2D eigenvalue weighted by Crippen LogP contribution is 2.09. The van der Waals surface area contributed by atoms with E-state index >= 15 is 0 Å². The van der Waals surface area contributed by atoms with Crippen molar-refractivity contribution < 1.29 is 9.53 Å². The molecule has 1 aromatic rings. The molecule has 4 heteroatoms. The Morgan fingerprint density at radius 1 is 1.50 bits per heavy atom. The zero-order valence-corrected chi connectivity index (χ0v) is 10.3. The van der Waals surface area contributed by atoms with Crippen molar-refractivity contribution in [2.45, 2.75) is 46.3 Å². The third-order valence-electron chi connectivity index (χ3n) is 2.43. The summed E-state index contributed by atoms with van der Waals surface area (Å²) in [5, 5.41) is 0. The number of carbonyl (C=O) groups is 1. The molecule has 1 atom stereocenters. The van der Waals surface area contributed by atoms with Crippen LogP contribution >= 0.6 is 0 Å². The van der Waals surface area contributed by atoms with E-state index in [-0.39, 0.29) is 11.9 Å². The lowest BCUT2D eigenvalue weighted by molar-refractivity contribution is 0.0430. The maximum atomic E-state index is 12.1. The lowest BCUT2D eigenvalue weighted by atomic mass is 10.1. The molecule has 0 aromatic carbocycles. The molecule has 90 valence electrons. The van der Waals surface area contributed by atoms with Crippen molar-refractivity contribution in [1.29, 1.82) is 0 Å². The Balaban J connectivity index is 2.81. The monoisotopic (exact) mass is 224 g/mol. The number of nitrogens with zero attached hydrogens (tertiary/aromatic N) is 2. The first kappa shape index (κ1) is 12.9. The highest BCUT2D eigenvalue weighted by Gasteiger charge is 2.22. The van der Waals surface area contributed by atoms with E-state index in [4.69, 9.17) is 4.74 Å². The number of ketones is 1. The van der Waals surface area contributed by atoms with E-state index in [2.05, 4.69) is 11.9 Å². The van der Waals surface area contributed by atoms with E-state index in [0.29, 0.717) is 18.9 Å². The molecule has 0 fully saturated rings. The van der Waals surface area contributed by atoms with Crippen LogP contribution in [0.2, 0.25) is 0 Å². The predicted molar refractivity (Wildman–Crippen MR) is 62.6 cm³/mol. The van der Waals surface area contributed by atoms with Crippen LogP contribution in [0.5, 0.6) is 0 Å². The average molecular weight is 224 g/mol. The Labute approximate surface area is 96.6 Å². The van der Waals surface area contributed by atoms with Crippen LogP contribution < -0.4 is 0 Å². The minimum absolute atomic E-state index is 0.0113. The number of rotatable bonds is 7. The van der Waals surface area contributed by atoms with Gasteiger partial charge in [-0.25, -0.2) is 4.98 Å². The molecule has 4 nitrogen and oxygen atoms in total. The quantitative estimate of drug-likeness (QED) is 0.667. The van der Waals surface area contributed by atoms with Crippen molar-refractivity contribution >= 4 is 5.78 Å². The van der Waals surface area contributed by atoms with E-state index < -0.39 is 0 Å². The smallest absolute Gasteiger partial charge is 0.226 e. The van der Waals surface area contributed by atoms with Crippen molar-refractivity contribution in [2.75, 3.05) is 6.61 Å². The molecule has 0 radical (unpaired) electrons. The maximum Gasteiger partial charge on any atom is 0.226 e. The Morgan fingerprint density at radius 3 is 2.81 bits per heavy atom. The predicted octanol–water partition coefficient (Wildman–Crippen LogP) is 2.29. The van der Waals surface area contributed by atoms with Gasteiger partial charge in [-0.15, -0.1) is 0 Å². The van der Waals surface area contributed by atoms with E-state index in [0.717, 1.165) is 13.0 Å². The first-order chi connectivity index (χ1) is 7.74. The van der Waals surface area contributed by atoms with E-state index in [1.54, 1.807) is 6.20 Å². The molecule has 0 bridgehead atoms.